The van der Waals surface area contributed by atoms with E-state index in [-0.39, 0.29) is 0 Å². The van der Waals surface area contributed by atoms with Gasteiger partial charge in [-0.05, 0) is 164 Å². The highest BCUT2D eigenvalue weighted by Gasteiger charge is 2.24. The molecule has 10 aromatic rings. The quantitative estimate of drug-likeness (QED) is 0.143. The van der Waals surface area contributed by atoms with E-state index < -0.39 is 0 Å². The molecule has 0 radical (unpaired) electrons. The summed E-state index contributed by atoms with van der Waals surface area (Å²) < 4.78 is 0. The molecule has 0 unspecified atom stereocenters. The third-order valence-electron chi connectivity index (χ3n) is 13.1. The zero-order valence-electron chi connectivity index (χ0n) is 35.4. The van der Waals surface area contributed by atoms with Gasteiger partial charge in [0.2, 0.25) is 0 Å². The summed E-state index contributed by atoms with van der Waals surface area (Å²) in [4.78, 5) is 4.78. The van der Waals surface area contributed by atoms with Gasteiger partial charge in [-0.15, -0.1) is 0 Å². The van der Waals surface area contributed by atoms with Crippen LogP contribution in [0.4, 0.5) is 34.1 Å². The van der Waals surface area contributed by atoms with Crippen molar-refractivity contribution >= 4 is 34.1 Å². The Kier molecular flexibility index (Phi) is 9.34. The lowest BCUT2D eigenvalue weighted by Crippen LogP contribution is -2.11. The van der Waals surface area contributed by atoms with E-state index in [0.29, 0.717) is 0 Å². The lowest BCUT2D eigenvalue weighted by molar-refractivity contribution is 1.22. The summed E-state index contributed by atoms with van der Waals surface area (Å²) in [6.45, 7) is 0. The molecular formula is C62H44N2. The Balaban J connectivity index is 0.877. The molecule has 2 heteroatoms. The second-order valence-corrected chi connectivity index (χ2v) is 16.9. The van der Waals surface area contributed by atoms with Gasteiger partial charge >= 0.3 is 0 Å². The lowest BCUT2D eigenvalue weighted by Gasteiger charge is -2.27. The smallest absolute Gasteiger partial charge is 0.0464 e. The molecular weight excluding hydrogens is 773 g/mol. The second kappa shape index (κ2) is 15.9. The van der Waals surface area contributed by atoms with E-state index in [1.54, 1.807) is 0 Å². The van der Waals surface area contributed by atoms with Crippen molar-refractivity contribution in [3.63, 3.8) is 0 Å². The summed E-state index contributed by atoms with van der Waals surface area (Å²) in [5.41, 5.74) is 24.9. The van der Waals surface area contributed by atoms with E-state index in [0.717, 1.165) is 35.6 Å². The summed E-state index contributed by atoms with van der Waals surface area (Å²) in [5, 5.41) is 0. The van der Waals surface area contributed by atoms with Gasteiger partial charge in [-0.3, -0.25) is 0 Å². The van der Waals surface area contributed by atoms with Crippen LogP contribution in [-0.4, -0.2) is 0 Å². The highest BCUT2D eigenvalue weighted by molar-refractivity contribution is 5.87. The van der Waals surface area contributed by atoms with Crippen LogP contribution in [0.3, 0.4) is 0 Å². The largest absolute Gasteiger partial charge is 0.311 e. The highest BCUT2D eigenvalue weighted by Crippen LogP contribution is 2.45. The van der Waals surface area contributed by atoms with E-state index in [2.05, 4.69) is 252 Å². The average molecular weight is 817 g/mol. The predicted octanol–water partition coefficient (Wildman–Crippen LogP) is 16.8. The molecule has 64 heavy (non-hydrogen) atoms. The van der Waals surface area contributed by atoms with Crippen molar-refractivity contribution in [2.75, 3.05) is 9.80 Å². The Bertz CT molecular complexity index is 3100. The molecule has 0 atom stereocenters. The first-order valence-corrected chi connectivity index (χ1v) is 22.2. The molecule has 2 aliphatic rings. The van der Waals surface area contributed by atoms with Crippen LogP contribution >= 0.6 is 0 Å². The van der Waals surface area contributed by atoms with Crippen molar-refractivity contribution in [2.45, 2.75) is 12.8 Å². The minimum absolute atomic E-state index is 0.955. The standard InChI is InChI=1S/C62H44N2/c1-3-11-43(12-4-1)45-19-27-53(28-20-45)63(54-29-21-46(22-30-54)44-13-5-2-6-14-44)55-31-23-47(24-32-55)48-25-33-56(34-26-48)64(57-35-37-61-51(41-57)39-49-15-7-9-17-59(49)61)58-36-38-62-52(42-58)40-50-16-8-10-18-60(50)62/h1-38,41-42H,39-40H2. The fourth-order valence-electron chi connectivity index (χ4n) is 9.91. The van der Waals surface area contributed by atoms with Crippen molar-refractivity contribution in [3.05, 3.63) is 265 Å². The van der Waals surface area contributed by atoms with Gasteiger partial charge in [0.05, 0.1) is 0 Å². The molecule has 0 aromatic heterocycles. The number of rotatable bonds is 9. The van der Waals surface area contributed by atoms with Gasteiger partial charge in [0.25, 0.3) is 0 Å². The van der Waals surface area contributed by atoms with E-state index in [1.165, 1.54) is 89.3 Å². The van der Waals surface area contributed by atoms with Gasteiger partial charge in [0.15, 0.2) is 0 Å². The Morgan fingerprint density at radius 3 is 0.828 bits per heavy atom. The molecule has 0 N–H and O–H groups in total. The first kappa shape index (κ1) is 37.6. The third kappa shape index (κ3) is 6.87. The number of hydrogen-bond acceptors (Lipinski definition) is 2. The molecule has 302 valence electrons. The Morgan fingerprint density at radius 1 is 0.203 bits per heavy atom. The van der Waals surface area contributed by atoms with Crippen molar-refractivity contribution < 1.29 is 0 Å². The van der Waals surface area contributed by atoms with Crippen LogP contribution in [0.25, 0.3) is 55.6 Å². The maximum absolute atomic E-state index is 2.43. The predicted molar refractivity (Wildman–Crippen MR) is 269 cm³/mol. The van der Waals surface area contributed by atoms with E-state index in [9.17, 15) is 0 Å². The lowest BCUT2D eigenvalue weighted by atomic mass is 10.0. The van der Waals surface area contributed by atoms with Crippen LogP contribution < -0.4 is 9.80 Å². The summed E-state index contributed by atoms with van der Waals surface area (Å²) in [5.74, 6) is 0. The van der Waals surface area contributed by atoms with Crippen molar-refractivity contribution in [1.82, 2.24) is 0 Å². The van der Waals surface area contributed by atoms with Gasteiger partial charge in [0.1, 0.15) is 0 Å². The van der Waals surface area contributed by atoms with E-state index in [1.807, 2.05) is 0 Å². The van der Waals surface area contributed by atoms with Crippen LogP contribution in [0.1, 0.15) is 22.3 Å². The maximum Gasteiger partial charge on any atom is 0.0464 e. The minimum atomic E-state index is 0.955. The molecule has 0 saturated heterocycles. The van der Waals surface area contributed by atoms with Crippen molar-refractivity contribution in [2.24, 2.45) is 0 Å². The number of benzene rings is 10. The van der Waals surface area contributed by atoms with Gasteiger partial charge in [-0.2, -0.15) is 0 Å². The summed E-state index contributed by atoms with van der Waals surface area (Å²) >= 11 is 0. The van der Waals surface area contributed by atoms with E-state index >= 15 is 0 Å². The third-order valence-corrected chi connectivity index (χ3v) is 13.1. The number of hydrogen-bond donors (Lipinski definition) is 0. The molecule has 2 nitrogen and oxygen atoms in total. The zero-order valence-corrected chi connectivity index (χ0v) is 35.4. The molecule has 12 rings (SSSR count). The molecule has 10 aromatic carbocycles. The number of fused-ring (bicyclic) bond motifs is 6. The van der Waals surface area contributed by atoms with Crippen LogP contribution in [-0.2, 0) is 12.8 Å². The van der Waals surface area contributed by atoms with Gasteiger partial charge in [-0.1, -0.05) is 170 Å². The van der Waals surface area contributed by atoms with Crippen molar-refractivity contribution in [3.8, 4) is 55.6 Å². The van der Waals surface area contributed by atoms with Crippen LogP contribution in [0.15, 0.2) is 243 Å². The van der Waals surface area contributed by atoms with Crippen LogP contribution in [0.5, 0.6) is 0 Å². The monoisotopic (exact) mass is 816 g/mol. The molecule has 0 fully saturated rings. The number of anilines is 6. The first-order chi connectivity index (χ1) is 31.7. The molecule has 0 heterocycles. The van der Waals surface area contributed by atoms with Gasteiger partial charge in [-0.25, -0.2) is 0 Å². The van der Waals surface area contributed by atoms with Crippen LogP contribution in [0, 0.1) is 0 Å². The first-order valence-electron chi connectivity index (χ1n) is 22.2. The minimum Gasteiger partial charge on any atom is -0.311 e. The topological polar surface area (TPSA) is 6.48 Å². The number of nitrogens with zero attached hydrogens (tertiary/aromatic N) is 2. The SMILES string of the molecule is c1ccc(-c2ccc(N(c3ccc(-c4ccccc4)cc3)c3ccc(-c4ccc(N(c5ccc6c(c5)Cc5ccccc5-6)c5ccc6c(c5)Cc5ccccc5-6)cc4)cc3)cc2)cc1. The molecule has 2 aliphatic carbocycles. The molecule has 0 amide bonds. The van der Waals surface area contributed by atoms with Gasteiger partial charge < -0.3 is 9.80 Å². The summed E-state index contributed by atoms with van der Waals surface area (Å²) in [6, 6.07) is 88.7. The fourth-order valence-corrected chi connectivity index (χ4v) is 9.91. The summed E-state index contributed by atoms with van der Waals surface area (Å²) in [6.07, 6.45) is 1.91. The Labute approximate surface area is 375 Å². The molecule has 0 spiro atoms. The molecule has 0 aliphatic heterocycles. The second-order valence-electron chi connectivity index (χ2n) is 16.9. The zero-order chi connectivity index (χ0) is 42.4. The molecule has 0 saturated carbocycles. The summed E-state index contributed by atoms with van der Waals surface area (Å²) in [7, 11) is 0. The van der Waals surface area contributed by atoms with E-state index in [4.69, 9.17) is 0 Å². The van der Waals surface area contributed by atoms with Crippen molar-refractivity contribution in [1.29, 1.82) is 0 Å². The Hall–Kier alpha value is -8.20. The highest BCUT2D eigenvalue weighted by atomic mass is 15.1. The average Bonchev–Trinajstić information content (AvgIpc) is 3.93. The molecule has 0 bridgehead atoms. The van der Waals surface area contributed by atoms with Crippen LogP contribution in [0.2, 0.25) is 0 Å². The maximum atomic E-state index is 2.43. The van der Waals surface area contributed by atoms with Gasteiger partial charge in [0, 0.05) is 34.1 Å². The Morgan fingerprint density at radius 2 is 0.469 bits per heavy atom. The normalized spacial score (nSPS) is 11.9. The fraction of sp³-hybridized carbons (Fsp3) is 0.0323.